The van der Waals surface area contributed by atoms with Crippen LogP contribution in [0, 0.1) is 11.3 Å². The van der Waals surface area contributed by atoms with Gasteiger partial charge in [0.25, 0.3) is 0 Å². The van der Waals surface area contributed by atoms with Crippen LogP contribution in [0.25, 0.3) is 11.1 Å². The summed E-state index contributed by atoms with van der Waals surface area (Å²) in [6.07, 6.45) is 1.70. The molecule has 0 saturated carbocycles. The van der Waals surface area contributed by atoms with E-state index in [1.54, 1.807) is 28.6 Å². The second-order valence-corrected chi connectivity index (χ2v) is 11.2. The Labute approximate surface area is 207 Å². The molecular formula is C28H29N3O3S. The molecule has 180 valence electrons. The van der Waals surface area contributed by atoms with Gasteiger partial charge in [-0.05, 0) is 60.3 Å². The van der Waals surface area contributed by atoms with Crippen LogP contribution < -0.4 is 0 Å². The SMILES string of the molecule is N#Cc1ccc(-c2ccc([C@@H]3[C@H]4CN(S(=O)(=O)c5ccccc5)CCCCN4[C@H]3CO)cc2)cc1. The van der Waals surface area contributed by atoms with E-state index in [9.17, 15) is 13.5 Å². The molecule has 0 aromatic heterocycles. The number of fused-ring (bicyclic) bond motifs is 1. The van der Waals surface area contributed by atoms with Gasteiger partial charge in [-0.15, -0.1) is 0 Å². The Hall–Kier alpha value is -3.02. The Bertz CT molecular complexity index is 1300. The molecular weight excluding hydrogens is 458 g/mol. The van der Waals surface area contributed by atoms with Gasteiger partial charge in [-0.1, -0.05) is 54.6 Å². The van der Waals surface area contributed by atoms with Crippen LogP contribution in [0.2, 0.25) is 0 Å². The third-order valence-corrected chi connectivity index (χ3v) is 9.24. The highest BCUT2D eigenvalue weighted by molar-refractivity contribution is 7.89. The van der Waals surface area contributed by atoms with Crippen molar-refractivity contribution in [2.24, 2.45) is 0 Å². The predicted molar refractivity (Wildman–Crippen MR) is 135 cm³/mol. The molecule has 2 fully saturated rings. The summed E-state index contributed by atoms with van der Waals surface area (Å²) in [6.45, 7) is 1.84. The normalized spacial score (nSPS) is 23.4. The lowest BCUT2D eigenvalue weighted by molar-refractivity contribution is -0.0553. The molecule has 6 nitrogen and oxygen atoms in total. The Morgan fingerprint density at radius 3 is 2.14 bits per heavy atom. The number of sulfonamides is 1. The Balaban J connectivity index is 1.41. The second-order valence-electron chi connectivity index (χ2n) is 9.28. The van der Waals surface area contributed by atoms with E-state index >= 15 is 0 Å². The highest BCUT2D eigenvalue weighted by Crippen LogP contribution is 2.43. The van der Waals surface area contributed by atoms with Crippen LogP contribution in [0.1, 0.15) is 29.9 Å². The summed E-state index contributed by atoms with van der Waals surface area (Å²) in [5.41, 5.74) is 3.84. The van der Waals surface area contributed by atoms with Gasteiger partial charge in [-0.3, -0.25) is 4.90 Å². The van der Waals surface area contributed by atoms with Gasteiger partial charge in [0, 0.05) is 31.1 Å². The predicted octanol–water partition coefficient (Wildman–Crippen LogP) is 3.84. The lowest BCUT2D eigenvalue weighted by Crippen LogP contribution is -2.67. The Kier molecular flexibility index (Phi) is 6.72. The minimum atomic E-state index is -3.58. The molecule has 35 heavy (non-hydrogen) atoms. The number of hydrogen-bond acceptors (Lipinski definition) is 5. The van der Waals surface area contributed by atoms with Crippen molar-refractivity contribution < 1.29 is 13.5 Å². The quantitative estimate of drug-likeness (QED) is 0.591. The van der Waals surface area contributed by atoms with Gasteiger partial charge in [0.2, 0.25) is 10.0 Å². The van der Waals surface area contributed by atoms with Crippen molar-refractivity contribution in [3.05, 3.63) is 90.0 Å². The average Bonchev–Trinajstić information content (AvgIpc) is 2.88. The minimum Gasteiger partial charge on any atom is -0.395 e. The van der Waals surface area contributed by atoms with Gasteiger partial charge in [-0.2, -0.15) is 9.57 Å². The van der Waals surface area contributed by atoms with E-state index in [1.165, 1.54) is 0 Å². The number of nitriles is 1. The molecule has 5 rings (SSSR count). The molecule has 2 heterocycles. The average molecular weight is 488 g/mol. The van der Waals surface area contributed by atoms with Crippen LogP contribution >= 0.6 is 0 Å². The maximum absolute atomic E-state index is 13.4. The molecule has 7 heteroatoms. The number of aliphatic hydroxyl groups is 1. The summed E-state index contributed by atoms with van der Waals surface area (Å²) in [5, 5.41) is 19.2. The summed E-state index contributed by atoms with van der Waals surface area (Å²) < 4.78 is 28.4. The van der Waals surface area contributed by atoms with Crippen molar-refractivity contribution in [1.82, 2.24) is 9.21 Å². The topological polar surface area (TPSA) is 84.6 Å². The number of aliphatic hydroxyl groups excluding tert-OH is 1. The van der Waals surface area contributed by atoms with Crippen LogP contribution in [0.5, 0.6) is 0 Å². The number of rotatable bonds is 5. The van der Waals surface area contributed by atoms with Gasteiger partial charge >= 0.3 is 0 Å². The van der Waals surface area contributed by atoms with Gasteiger partial charge in [0.05, 0.1) is 23.1 Å². The zero-order valence-electron chi connectivity index (χ0n) is 19.5. The van der Waals surface area contributed by atoms with Crippen LogP contribution in [0.15, 0.2) is 83.8 Å². The van der Waals surface area contributed by atoms with E-state index in [0.717, 1.165) is 36.1 Å². The third-order valence-electron chi connectivity index (χ3n) is 7.36. The first-order valence-electron chi connectivity index (χ1n) is 12.1. The molecule has 0 aliphatic carbocycles. The van der Waals surface area contributed by atoms with Crippen LogP contribution in [0.3, 0.4) is 0 Å². The molecule has 0 radical (unpaired) electrons. The first-order valence-corrected chi connectivity index (χ1v) is 13.5. The van der Waals surface area contributed by atoms with Crippen molar-refractivity contribution in [2.75, 3.05) is 26.2 Å². The first kappa shape index (κ1) is 23.7. The monoisotopic (exact) mass is 487 g/mol. The zero-order valence-corrected chi connectivity index (χ0v) is 20.3. The fourth-order valence-electron chi connectivity index (χ4n) is 5.50. The van der Waals surface area contributed by atoms with E-state index in [0.29, 0.717) is 23.5 Å². The first-order chi connectivity index (χ1) is 17.0. The molecule has 3 atom stereocenters. The maximum atomic E-state index is 13.4. The van der Waals surface area contributed by atoms with E-state index in [2.05, 4.69) is 35.2 Å². The van der Waals surface area contributed by atoms with E-state index in [4.69, 9.17) is 5.26 Å². The van der Waals surface area contributed by atoms with E-state index < -0.39 is 10.0 Å². The van der Waals surface area contributed by atoms with Gasteiger partial charge in [-0.25, -0.2) is 8.42 Å². The highest BCUT2D eigenvalue weighted by atomic mass is 32.2. The Morgan fingerprint density at radius 2 is 1.51 bits per heavy atom. The molecule has 2 saturated heterocycles. The van der Waals surface area contributed by atoms with Crippen LogP contribution in [0.4, 0.5) is 0 Å². The largest absolute Gasteiger partial charge is 0.395 e. The lowest BCUT2D eigenvalue weighted by atomic mass is 9.74. The standard InChI is InChI=1S/C28H29N3O3S/c29-18-21-8-10-22(11-9-21)23-12-14-24(15-13-23)28-26-19-30(16-4-5-17-31(26)27(28)20-32)35(33,34)25-6-2-1-3-7-25/h1-3,6-15,26-28,32H,4-5,16-17,19-20H2/t26-,27+,28-/m1/s1. The molecule has 0 bridgehead atoms. The smallest absolute Gasteiger partial charge is 0.243 e. The fraction of sp³-hybridized carbons (Fsp3) is 0.321. The van der Waals surface area contributed by atoms with E-state index in [-0.39, 0.29) is 24.6 Å². The zero-order chi connectivity index (χ0) is 24.4. The molecule has 3 aromatic carbocycles. The molecule has 2 aliphatic rings. The summed E-state index contributed by atoms with van der Waals surface area (Å²) in [6, 6.07) is 26.6. The fourth-order valence-corrected chi connectivity index (χ4v) is 7.02. The second kappa shape index (κ2) is 9.92. The molecule has 0 unspecified atom stereocenters. The van der Waals surface area contributed by atoms with Crippen molar-refractivity contribution in [1.29, 1.82) is 5.26 Å². The van der Waals surface area contributed by atoms with Crippen molar-refractivity contribution in [2.45, 2.75) is 35.7 Å². The number of benzene rings is 3. The number of nitrogens with zero attached hydrogens (tertiary/aromatic N) is 3. The number of hydrogen-bond donors (Lipinski definition) is 1. The summed E-state index contributed by atoms with van der Waals surface area (Å²) in [4.78, 5) is 2.61. The van der Waals surface area contributed by atoms with E-state index in [1.807, 2.05) is 30.3 Å². The highest BCUT2D eigenvalue weighted by Gasteiger charge is 2.50. The third kappa shape index (κ3) is 4.51. The lowest BCUT2D eigenvalue weighted by Gasteiger charge is -2.57. The molecule has 2 aliphatic heterocycles. The van der Waals surface area contributed by atoms with Gasteiger partial charge in [0.1, 0.15) is 0 Å². The minimum absolute atomic E-state index is 0.0138. The van der Waals surface area contributed by atoms with Crippen molar-refractivity contribution in [3.8, 4) is 17.2 Å². The van der Waals surface area contributed by atoms with Gasteiger partial charge in [0.15, 0.2) is 0 Å². The Morgan fingerprint density at radius 1 is 0.886 bits per heavy atom. The summed E-state index contributed by atoms with van der Waals surface area (Å²) >= 11 is 0. The summed E-state index contributed by atoms with van der Waals surface area (Å²) in [7, 11) is -3.58. The molecule has 3 aromatic rings. The van der Waals surface area contributed by atoms with Gasteiger partial charge < -0.3 is 5.11 Å². The molecule has 0 amide bonds. The van der Waals surface area contributed by atoms with Crippen molar-refractivity contribution in [3.63, 3.8) is 0 Å². The molecule has 0 spiro atoms. The maximum Gasteiger partial charge on any atom is 0.243 e. The summed E-state index contributed by atoms with van der Waals surface area (Å²) in [5.74, 6) is 0.0570. The van der Waals surface area contributed by atoms with Crippen molar-refractivity contribution >= 4 is 10.0 Å². The molecule has 1 N–H and O–H groups in total. The van der Waals surface area contributed by atoms with Crippen LogP contribution in [-0.2, 0) is 10.0 Å². The van der Waals surface area contributed by atoms with Crippen LogP contribution in [-0.4, -0.2) is 61.1 Å².